The van der Waals surface area contributed by atoms with Crippen molar-refractivity contribution < 1.29 is 13.9 Å². The molecule has 0 aliphatic carbocycles. The van der Waals surface area contributed by atoms with Crippen molar-refractivity contribution >= 4 is 17.2 Å². The molecule has 0 spiro atoms. The second kappa shape index (κ2) is 6.62. The number of carbonyl (C=O) groups is 1. The van der Waals surface area contributed by atoms with E-state index >= 15 is 0 Å². The van der Waals surface area contributed by atoms with Gasteiger partial charge in [0.25, 0.3) is 5.91 Å². The van der Waals surface area contributed by atoms with Crippen molar-refractivity contribution in [2.75, 3.05) is 7.11 Å². The third-order valence-electron chi connectivity index (χ3n) is 3.25. The van der Waals surface area contributed by atoms with Crippen LogP contribution in [0, 0.1) is 6.92 Å². The van der Waals surface area contributed by atoms with Crippen LogP contribution >= 0.6 is 11.3 Å². The number of rotatable bonds is 5. The van der Waals surface area contributed by atoms with Crippen LogP contribution < -0.4 is 10.1 Å². The molecule has 0 saturated heterocycles. The van der Waals surface area contributed by atoms with Crippen molar-refractivity contribution in [1.29, 1.82) is 0 Å². The summed E-state index contributed by atoms with van der Waals surface area (Å²) in [7, 11) is 1.58. The summed E-state index contributed by atoms with van der Waals surface area (Å²) in [4.78, 5) is 20.6. The Balaban J connectivity index is 1.68. The highest BCUT2D eigenvalue weighted by Crippen LogP contribution is 2.24. The Morgan fingerprint density at radius 1 is 1.48 bits per heavy atom. The van der Waals surface area contributed by atoms with E-state index in [0.29, 0.717) is 23.6 Å². The van der Waals surface area contributed by atoms with Crippen molar-refractivity contribution in [2.45, 2.75) is 13.5 Å². The van der Waals surface area contributed by atoms with E-state index in [4.69, 9.17) is 9.15 Å². The van der Waals surface area contributed by atoms with Crippen LogP contribution in [0.15, 0.2) is 40.6 Å². The van der Waals surface area contributed by atoms with E-state index in [-0.39, 0.29) is 5.91 Å². The number of methoxy groups -OCH3 is 1. The number of aryl methyl sites for hydroxylation is 1. The molecule has 118 valence electrons. The number of furan rings is 1. The van der Waals surface area contributed by atoms with Gasteiger partial charge in [0.1, 0.15) is 17.7 Å². The number of hydrogen-bond acceptors (Lipinski definition) is 6. The smallest absolute Gasteiger partial charge is 0.254 e. The molecule has 0 saturated carbocycles. The van der Waals surface area contributed by atoms with Gasteiger partial charge < -0.3 is 14.5 Å². The molecule has 3 aromatic rings. The van der Waals surface area contributed by atoms with Gasteiger partial charge in [0, 0.05) is 29.9 Å². The fraction of sp³-hybridized carbons (Fsp3) is 0.188. The molecule has 3 aromatic heterocycles. The van der Waals surface area contributed by atoms with Gasteiger partial charge in [0.05, 0.1) is 17.7 Å². The summed E-state index contributed by atoms with van der Waals surface area (Å²) in [6.07, 6.45) is 4.74. The van der Waals surface area contributed by atoms with Crippen molar-refractivity contribution in [3.05, 3.63) is 52.3 Å². The average molecular weight is 329 g/mol. The summed E-state index contributed by atoms with van der Waals surface area (Å²) >= 11 is 1.54. The Kier molecular flexibility index (Phi) is 4.38. The number of thiazole rings is 1. The van der Waals surface area contributed by atoms with Crippen LogP contribution in [0.25, 0.3) is 11.5 Å². The molecule has 0 aromatic carbocycles. The predicted molar refractivity (Wildman–Crippen MR) is 86.5 cm³/mol. The van der Waals surface area contributed by atoms with Crippen LogP contribution in [0.3, 0.4) is 0 Å². The van der Waals surface area contributed by atoms with Crippen LogP contribution in [0.5, 0.6) is 5.75 Å². The molecule has 23 heavy (non-hydrogen) atoms. The largest absolute Gasteiger partial charge is 0.496 e. The lowest BCUT2D eigenvalue weighted by Crippen LogP contribution is -2.22. The molecule has 0 bridgehead atoms. The van der Waals surface area contributed by atoms with Crippen molar-refractivity contribution in [3.63, 3.8) is 0 Å². The Morgan fingerprint density at radius 2 is 2.35 bits per heavy atom. The molecular weight excluding hydrogens is 314 g/mol. The van der Waals surface area contributed by atoms with E-state index in [2.05, 4.69) is 15.3 Å². The highest BCUT2D eigenvalue weighted by atomic mass is 32.1. The molecule has 0 fully saturated rings. The number of pyridine rings is 1. The molecule has 1 N–H and O–H groups in total. The van der Waals surface area contributed by atoms with Gasteiger partial charge in [-0.3, -0.25) is 9.78 Å². The van der Waals surface area contributed by atoms with Gasteiger partial charge in [-0.15, -0.1) is 11.3 Å². The molecule has 1 amide bonds. The lowest BCUT2D eigenvalue weighted by Gasteiger charge is -2.08. The summed E-state index contributed by atoms with van der Waals surface area (Å²) < 4.78 is 10.7. The summed E-state index contributed by atoms with van der Waals surface area (Å²) in [5, 5.41) is 5.67. The van der Waals surface area contributed by atoms with Gasteiger partial charge >= 0.3 is 0 Å². The van der Waals surface area contributed by atoms with Gasteiger partial charge in [0.15, 0.2) is 5.76 Å². The van der Waals surface area contributed by atoms with Crippen LogP contribution in [0.1, 0.15) is 20.9 Å². The Morgan fingerprint density at radius 3 is 3.09 bits per heavy atom. The maximum atomic E-state index is 12.2. The standard InChI is InChI=1S/C16H15N3O3S/c1-10-19-13(9-23-10)15-5-11(8-22-15)16(20)18-7-12-6-17-4-3-14(12)21-2/h3-6,8-9H,7H2,1-2H3,(H,18,20). The molecule has 0 aliphatic heterocycles. The summed E-state index contributed by atoms with van der Waals surface area (Å²) in [5.74, 6) is 1.04. The van der Waals surface area contributed by atoms with Crippen molar-refractivity contribution in [2.24, 2.45) is 0 Å². The van der Waals surface area contributed by atoms with Crippen molar-refractivity contribution in [3.8, 4) is 17.2 Å². The van der Waals surface area contributed by atoms with E-state index in [9.17, 15) is 4.79 Å². The molecule has 6 nitrogen and oxygen atoms in total. The van der Waals surface area contributed by atoms with E-state index in [1.807, 2.05) is 12.3 Å². The monoisotopic (exact) mass is 329 g/mol. The fourth-order valence-corrected chi connectivity index (χ4v) is 2.69. The SMILES string of the molecule is COc1ccncc1CNC(=O)c1coc(-c2csc(C)n2)c1. The first-order chi connectivity index (χ1) is 11.2. The zero-order chi connectivity index (χ0) is 16.2. The molecule has 0 aliphatic rings. The predicted octanol–water partition coefficient (Wildman–Crippen LogP) is 3.05. The maximum Gasteiger partial charge on any atom is 0.254 e. The first-order valence-corrected chi connectivity index (χ1v) is 7.81. The normalized spacial score (nSPS) is 10.5. The molecule has 3 rings (SSSR count). The van der Waals surface area contributed by atoms with Crippen LogP contribution in [-0.2, 0) is 6.54 Å². The second-order valence-electron chi connectivity index (χ2n) is 4.82. The minimum Gasteiger partial charge on any atom is -0.496 e. The molecular formula is C16H15N3O3S. The Labute approximate surface area is 137 Å². The van der Waals surface area contributed by atoms with Gasteiger partial charge in [-0.25, -0.2) is 4.98 Å². The first kappa shape index (κ1) is 15.2. The summed E-state index contributed by atoms with van der Waals surface area (Å²) in [6.45, 7) is 2.25. The van der Waals surface area contributed by atoms with Gasteiger partial charge in [-0.1, -0.05) is 0 Å². The Hall–Kier alpha value is -2.67. The van der Waals surface area contributed by atoms with Crippen molar-refractivity contribution in [1.82, 2.24) is 15.3 Å². The molecule has 0 radical (unpaired) electrons. The Bertz CT molecular complexity index is 825. The number of amides is 1. The quantitative estimate of drug-likeness (QED) is 0.778. The molecule has 3 heterocycles. The summed E-state index contributed by atoms with van der Waals surface area (Å²) in [6, 6.07) is 3.44. The molecule has 0 unspecified atom stereocenters. The molecule has 7 heteroatoms. The number of nitrogens with zero attached hydrogens (tertiary/aromatic N) is 2. The lowest BCUT2D eigenvalue weighted by atomic mass is 10.2. The first-order valence-electron chi connectivity index (χ1n) is 6.93. The second-order valence-corrected chi connectivity index (χ2v) is 5.88. The minimum atomic E-state index is -0.224. The maximum absolute atomic E-state index is 12.2. The minimum absolute atomic E-state index is 0.224. The number of aromatic nitrogens is 2. The van der Waals surface area contributed by atoms with Gasteiger partial charge in [-0.2, -0.15) is 0 Å². The van der Waals surface area contributed by atoms with E-state index in [0.717, 1.165) is 16.3 Å². The zero-order valence-electron chi connectivity index (χ0n) is 12.7. The number of ether oxygens (including phenoxy) is 1. The topological polar surface area (TPSA) is 77.2 Å². The zero-order valence-corrected chi connectivity index (χ0v) is 13.5. The lowest BCUT2D eigenvalue weighted by molar-refractivity contribution is 0.0950. The van der Waals surface area contributed by atoms with Crippen LogP contribution in [-0.4, -0.2) is 23.0 Å². The van der Waals surface area contributed by atoms with E-state index < -0.39 is 0 Å². The third kappa shape index (κ3) is 3.40. The average Bonchev–Trinajstić information content (AvgIpc) is 3.21. The van der Waals surface area contributed by atoms with Gasteiger partial charge in [0.2, 0.25) is 0 Å². The highest BCUT2D eigenvalue weighted by molar-refractivity contribution is 7.09. The number of hydrogen-bond donors (Lipinski definition) is 1. The number of nitrogens with one attached hydrogen (secondary N) is 1. The van der Waals surface area contributed by atoms with Crippen LogP contribution in [0.2, 0.25) is 0 Å². The highest BCUT2D eigenvalue weighted by Gasteiger charge is 2.13. The summed E-state index contributed by atoms with van der Waals surface area (Å²) in [5.41, 5.74) is 2.00. The van der Waals surface area contributed by atoms with E-state index in [1.165, 1.54) is 17.6 Å². The fourth-order valence-electron chi connectivity index (χ4n) is 2.09. The van der Waals surface area contributed by atoms with Crippen LogP contribution in [0.4, 0.5) is 0 Å². The number of carbonyl (C=O) groups excluding carboxylic acids is 1. The van der Waals surface area contributed by atoms with Gasteiger partial charge in [-0.05, 0) is 19.1 Å². The third-order valence-corrected chi connectivity index (χ3v) is 4.02. The van der Waals surface area contributed by atoms with E-state index in [1.54, 1.807) is 31.6 Å². The molecule has 0 atom stereocenters.